The number of imide groups is 1. The summed E-state index contributed by atoms with van der Waals surface area (Å²) in [6.07, 6.45) is -1.61. The highest BCUT2D eigenvalue weighted by Crippen LogP contribution is 2.34. The van der Waals surface area contributed by atoms with Gasteiger partial charge in [-0.1, -0.05) is 24.3 Å². The number of hydrogen-bond donors (Lipinski definition) is 1. The van der Waals surface area contributed by atoms with Gasteiger partial charge in [0.05, 0.1) is 12.1 Å². The second-order valence-corrected chi connectivity index (χ2v) is 5.84. The zero-order valence-corrected chi connectivity index (χ0v) is 13.2. The number of halogens is 3. The fraction of sp³-hybridized carbons (Fsp3) is 0.235. The first kappa shape index (κ1) is 16.9. The topological polar surface area (TPSA) is 62.3 Å². The van der Waals surface area contributed by atoms with Crippen molar-refractivity contribution >= 4 is 11.9 Å². The molecule has 2 aromatic rings. The molecule has 0 spiro atoms. The van der Waals surface area contributed by atoms with E-state index in [0.717, 1.165) is 11.0 Å². The molecule has 0 unspecified atom stereocenters. The van der Waals surface area contributed by atoms with Crippen LogP contribution in [0.2, 0.25) is 0 Å². The van der Waals surface area contributed by atoms with E-state index in [1.807, 2.05) is 0 Å². The summed E-state index contributed by atoms with van der Waals surface area (Å²) in [5.41, 5.74) is -1.92. The number of alkyl halides is 3. The highest BCUT2D eigenvalue weighted by Gasteiger charge is 2.49. The number of aromatic nitrogens is 1. The van der Waals surface area contributed by atoms with Crippen molar-refractivity contribution in [3.63, 3.8) is 0 Å². The van der Waals surface area contributed by atoms with Crippen LogP contribution < -0.4 is 5.32 Å². The Labute approximate surface area is 141 Å². The number of carbonyl (C=O) groups excluding carboxylic acids is 2. The SMILES string of the molecule is C[C@@]1(c2cccnc2)NC(=O)N(Cc2ccccc2C(F)(F)F)C1=O. The average Bonchev–Trinajstić information content (AvgIpc) is 2.79. The van der Waals surface area contributed by atoms with Gasteiger partial charge < -0.3 is 5.32 Å². The van der Waals surface area contributed by atoms with Crippen LogP contribution in [0.4, 0.5) is 18.0 Å². The molecule has 3 amide bonds. The van der Waals surface area contributed by atoms with Crippen molar-refractivity contribution in [1.29, 1.82) is 0 Å². The molecular formula is C17H14F3N3O2. The Kier molecular flexibility index (Phi) is 3.98. The van der Waals surface area contributed by atoms with Gasteiger partial charge in [-0.25, -0.2) is 4.79 Å². The molecule has 1 saturated heterocycles. The molecule has 1 aliphatic heterocycles. The zero-order chi connectivity index (χ0) is 18.2. The minimum atomic E-state index is -4.57. The number of benzene rings is 1. The summed E-state index contributed by atoms with van der Waals surface area (Å²) in [5, 5.41) is 2.54. The van der Waals surface area contributed by atoms with Gasteiger partial charge in [0.2, 0.25) is 0 Å². The number of amides is 3. The van der Waals surface area contributed by atoms with E-state index in [1.54, 1.807) is 12.1 Å². The molecule has 1 aliphatic rings. The lowest BCUT2D eigenvalue weighted by Gasteiger charge is -2.22. The Hall–Kier alpha value is -2.90. The normalized spacial score (nSPS) is 20.7. The molecule has 1 aromatic carbocycles. The second-order valence-electron chi connectivity index (χ2n) is 5.84. The first-order valence-electron chi connectivity index (χ1n) is 7.43. The van der Waals surface area contributed by atoms with Gasteiger partial charge in [-0.3, -0.25) is 14.7 Å². The first-order chi connectivity index (χ1) is 11.7. The highest BCUT2D eigenvalue weighted by atomic mass is 19.4. The van der Waals surface area contributed by atoms with Crippen LogP contribution in [0, 0.1) is 0 Å². The lowest BCUT2D eigenvalue weighted by Crippen LogP contribution is -2.40. The average molecular weight is 349 g/mol. The van der Waals surface area contributed by atoms with Crippen LogP contribution in [-0.4, -0.2) is 21.8 Å². The van der Waals surface area contributed by atoms with Crippen molar-refractivity contribution in [2.75, 3.05) is 0 Å². The van der Waals surface area contributed by atoms with E-state index in [-0.39, 0.29) is 5.56 Å². The molecule has 2 heterocycles. The number of pyridine rings is 1. The maximum atomic E-state index is 13.1. The molecule has 0 radical (unpaired) electrons. The Morgan fingerprint density at radius 3 is 2.52 bits per heavy atom. The zero-order valence-electron chi connectivity index (χ0n) is 13.2. The molecule has 0 aliphatic carbocycles. The van der Waals surface area contributed by atoms with Gasteiger partial charge in [-0.15, -0.1) is 0 Å². The largest absolute Gasteiger partial charge is 0.416 e. The monoisotopic (exact) mass is 349 g/mol. The molecule has 5 nitrogen and oxygen atoms in total. The number of nitrogens with one attached hydrogen (secondary N) is 1. The van der Waals surface area contributed by atoms with Crippen LogP contribution in [0.15, 0.2) is 48.8 Å². The minimum Gasteiger partial charge on any atom is -0.319 e. The third-order valence-corrected chi connectivity index (χ3v) is 4.17. The van der Waals surface area contributed by atoms with E-state index in [0.29, 0.717) is 5.56 Å². The van der Waals surface area contributed by atoms with E-state index in [2.05, 4.69) is 10.3 Å². The van der Waals surface area contributed by atoms with Crippen LogP contribution in [0.1, 0.15) is 23.6 Å². The Morgan fingerprint density at radius 2 is 1.88 bits per heavy atom. The quantitative estimate of drug-likeness (QED) is 0.867. The van der Waals surface area contributed by atoms with E-state index < -0.39 is 35.8 Å². The number of urea groups is 1. The third kappa shape index (κ3) is 2.95. The first-order valence-corrected chi connectivity index (χ1v) is 7.43. The lowest BCUT2D eigenvalue weighted by atomic mass is 9.93. The second kappa shape index (κ2) is 5.87. The van der Waals surface area contributed by atoms with Gasteiger partial charge in [0, 0.05) is 18.0 Å². The lowest BCUT2D eigenvalue weighted by molar-refractivity contribution is -0.139. The minimum absolute atomic E-state index is 0.145. The molecule has 8 heteroatoms. The molecule has 1 N–H and O–H groups in total. The van der Waals surface area contributed by atoms with E-state index in [4.69, 9.17) is 0 Å². The number of hydrogen-bond acceptors (Lipinski definition) is 3. The van der Waals surface area contributed by atoms with Gasteiger partial charge in [0.1, 0.15) is 5.54 Å². The smallest absolute Gasteiger partial charge is 0.319 e. The summed E-state index contributed by atoms with van der Waals surface area (Å²) in [6, 6.07) is 7.37. The van der Waals surface area contributed by atoms with Crippen LogP contribution in [-0.2, 0) is 23.1 Å². The molecule has 1 atom stereocenters. The fourth-order valence-electron chi connectivity index (χ4n) is 2.80. The van der Waals surface area contributed by atoms with Crippen LogP contribution in [0.3, 0.4) is 0 Å². The summed E-state index contributed by atoms with van der Waals surface area (Å²) in [6.45, 7) is 1.04. The highest BCUT2D eigenvalue weighted by molar-refractivity contribution is 6.07. The Morgan fingerprint density at radius 1 is 1.16 bits per heavy atom. The van der Waals surface area contributed by atoms with E-state index >= 15 is 0 Å². The summed E-state index contributed by atoms with van der Waals surface area (Å²) >= 11 is 0. The van der Waals surface area contributed by atoms with Crippen molar-refractivity contribution in [3.8, 4) is 0 Å². The summed E-state index contributed by atoms with van der Waals surface area (Å²) < 4.78 is 39.4. The van der Waals surface area contributed by atoms with E-state index in [9.17, 15) is 22.8 Å². The van der Waals surface area contributed by atoms with Crippen LogP contribution in [0.5, 0.6) is 0 Å². The Bertz CT molecular complexity index is 823. The molecule has 0 bridgehead atoms. The Balaban J connectivity index is 1.93. The number of rotatable bonds is 3. The van der Waals surface area contributed by atoms with Gasteiger partial charge in [-0.2, -0.15) is 13.2 Å². The number of nitrogens with zero attached hydrogens (tertiary/aromatic N) is 2. The molecule has 3 rings (SSSR count). The summed E-state index contributed by atoms with van der Waals surface area (Å²) in [5.74, 6) is -0.623. The maximum Gasteiger partial charge on any atom is 0.416 e. The predicted molar refractivity (Wildman–Crippen MR) is 82.1 cm³/mol. The molecular weight excluding hydrogens is 335 g/mol. The summed E-state index contributed by atoms with van der Waals surface area (Å²) in [7, 11) is 0. The van der Waals surface area contributed by atoms with E-state index in [1.165, 1.54) is 37.5 Å². The maximum absolute atomic E-state index is 13.1. The molecule has 1 aromatic heterocycles. The van der Waals surface area contributed by atoms with Crippen LogP contribution >= 0.6 is 0 Å². The van der Waals surface area contributed by atoms with Crippen molar-refractivity contribution < 1.29 is 22.8 Å². The molecule has 0 saturated carbocycles. The van der Waals surface area contributed by atoms with Crippen molar-refractivity contribution in [3.05, 3.63) is 65.5 Å². The van der Waals surface area contributed by atoms with Crippen molar-refractivity contribution in [2.24, 2.45) is 0 Å². The van der Waals surface area contributed by atoms with Crippen molar-refractivity contribution in [2.45, 2.75) is 25.2 Å². The fourth-order valence-corrected chi connectivity index (χ4v) is 2.80. The third-order valence-electron chi connectivity index (χ3n) is 4.17. The molecule has 1 fully saturated rings. The molecule has 130 valence electrons. The summed E-state index contributed by atoms with van der Waals surface area (Å²) in [4.78, 5) is 29.7. The molecule has 25 heavy (non-hydrogen) atoms. The van der Waals surface area contributed by atoms with Gasteiger partial charge in [0.25, 0.3) is 5.91 Å². The number of carbonyl (C=O) groups is 2. The van der Waals surface area contributed by atoms with Gasteiger partial charge >= 0.3 is 12.2 Å². The standard InChI is InChI=1S/C17H14F3N3O2/c1-16(12-6-4-8-21-9-12)14(24)23(15(25)22-16)10-11-5-2-3-7-13(11)17(18,19)20/h2-9H,10H2,1H3,(H,22,25)/t16-/m0/s1. The van der Waals surface area contributed by atoms with Crippen LogP contribution in [0.25, 0.3) is 0 Å². The van der Waals surface area contributed by atoms with Gasteiger partial charge in [0.15, 0.2) is 0 Å². The predicted octanol–water partition coefficient (Wildman–Crippen LogP) is 3.07. The van der Waals surface area contributed by atoms with Gasteiger partial charge in [-0.05, 0) is 24.6 Å². The van der Waals surface area contributed by atoms with Crippen molar-refractivity contribution in [1.82, 2.24) is 15.2 Å².